The van der Waals surface area contributed by atoms with Gasteiger partial charge < -0.3 is 9.47 Å². The number of sulfonamides is 1. The molecule has 25 heavy (non-hydrogen) atoms. The maximum atomic E-state index is 12.1. The van der Waals surface area contributed by atoms with Gasteiger partial charge in [-0.15, -0.1) is 0 Å². The zero-order valence-electron chi connectivity index (χ0n) is 13.7. The molecule has 0 amide bonds. The second-order valence-electron chi connectivity index (χ2n) is 4.83. The van der Waals surface area contributed by atoms with Crippen molar-refractivity contribution in [3.8, 4) is 23.3 Å². The van der Waals surface area contributed by atoms with Gasteiger partial charge in [0.2, 0.25) is 10.0 Å². The Bertz CT molecular complexity index is 855. The van der Waals surface area contributed by atoms with Crippen LogP contribution < -0.4 is 14.2 Å². The lowest BCUT2D eigenvalue weighted by molar-refractivity contribution is 0.340. The summed E-state index contributed by atoms with van der Waals surface area (Å²) >= 11 is 3.35. The maximum absolute atomic E-state index is 12.1. The Hall–Kier alpha value is -2.01. The van der Waals surface area contributed by atoms with Crippen molar-refractivity contribution in [1.29, 1.82) is 0 Å². The summed E-state index contributed by atoms with van der Waals surface area (Å²) in [5, 5.41) is 0. The molecule has 0 unspecified atom stereocenters. The number of halogens is 1. The van der Waals surface area contributed by atoms with E-state index in [-0.39, 0.29) is 18.0 Å². The van der Waals surface area contributed by atoms with E-state index >= 15 is 0 Å². The number of ether oxygens (including phenoxy) is 2. The highest BCUT2D eigenvalue weighted by molar-refractivity contribution is 9.10. The van der Waals surface area contributed by atoms with Crippen LogP contribution in [0.5, 0.6) is 11.5 Å². The molecule has 0 saturated heterocycles. The van der Waals surface area contributed by atoms with Gasteiger partial charge in [0.15, 0.2) is 0 Å². The summed E-state index contributed by atoms with van der Waals surface area (Å²) in [6.45, 7) is 2.59. The topological polar surface area (TPSA) is 64.6 Å². The fourth-order valence-corrected chi connectivity index (χ4v) is 3.19. The lowest BCUT2D eigenvalue weighted by Crippen LogP contribution is -2.24. The molecule has 1 N–H and O–H groups in total. The van der Waals surface area contributed by atoms with E-state index < -0.39 is 10.0 Å². The predicted molar refractivity (Wildman–Crippen MR) is 100 cm³/mol. The average Bonchev–Trinajstić information content (AvgIpc) is 2.59. The van der Waals surface area contributed by atoms with Crippen LogP contribution in [0.2, 0.25) is 0 Å². The van der Waals surface area contributed by atoms with E-state index in [1.165, 1.54) is 12.1 Å². The van der Waals surface area contributed by atoms with Crippen molar-refractivity contribution < 1.29 is 17.9 Å². The van der Waals surface area contributed by atoms with Crippen LogP contribution in [0, 0.1) is 11.8 Å². The van der Waals surface area contributed by atoms with Gasteiger partial charge in [0.1, 0.15) is 18.1 Å². The van der Waals surface area contributed by atoms with E-state index in [0.29, 0.717) is 18.1 Å². The molecule has 0 fully saturated rings. The first-order valence-electron chi connectivity index (χ1n) is 7.58. The van der Waals surface area contributed by atoms with Gasteiger partial charge in [-0.3, -0.25) is 0 Å². The summed E-state index contributed by atoms with van der Waals surface area (Å²) in [6.07, 6.45) is 0. The molecule has 0 radical (unpaired) electrons. The predicted octanol–water partition coefficient (Wildman–Crippen LogP) is 3.21. The highest BCUT2D eigenvalue weighted by Crippen LogP contribution is 2.17. The molecule has 132 valence electrons. The van der Waals surface area contributed by atoms with Gasteiger partial charge in [-0.05, 0) is 49.4 Å². The summed E-state index contributed by atoms with van der Waals surface area (Å²) in [6, 6.07) is 13.6. The molecule has 0 bridgehead atoms. The van der Waals surface area contributed by atoms with E-state index in [2.05, 4.69) is 32.5 Å². The standard InChI is InChI=1S/C18H18BrNO4S/c1-2-23-16-8-10-18(11-9-16)25(21,22)20-12-3-4-13-24-17-7-5-6-15(19)14-17/h5-11,14,20H,2,12-13H2,1H3. The Morgan fingerprint density at radius 3 is 2.48 bits per heavy atom. The minimum absolute atomic E-state index is 0.0113. The number of benzene rings is 2. The van der Waals surface area contributed by atoms with Gasteiger partial charge in [-0.2, -0.15) is 4.72 Å². The molecule has 0 saturated carbocycles. The molecule has 0 spiro atoms. The molecule has 7 heteroatoms. The van der Waals surface area contributed by atoms with E-state index in [9.17, 15) is 8.42 Å². The molecular weight excluding hydrogens is 406 g/mol. The van der Waals surface area contributed by atoms with Crippen LogP contribution in [0.1, 0.15) is 6.92 Å². The van der Waals surface area contributed by atoms with Crippen LogP contribution in [0.25, 0.3) is 0 Å². The van der Waals surface area contributed by atoms with E-state index in [1.54, 1.807) is 12.1 Å². The van der Waals surface area contributed by atoms with E-state index in [0.717, 1.165) is 4.47 Å². The smallest absolute Gasteiger partial charge is 0.241 e. The van der Waals surface area contributed by atoms with E-state index in [1.807, 2.05) is 31.2 Å². The van der Waals surface area contributed by atoms with Crippen molar-refractivity contribution in [2.75, 3.05) is 19.8 Å². The molecule has 5 nitrogen and oxygen atoms in total. The SMILES string of the molecule is CCOc1ccc(S(=O)(=O)NCC#CCOc2cccc(Br)c2)cc1. The Kier molecular flexibility index (Phi) is 7.31. The summed E-state index contributed by atoms with van der Waals surface area (Å²) in [7, 11) is -3.59. The van der Waals surface area contributed by atoms with Crippen molar-refractivity contribution in [2.24, 2.45) is 0 Å². The van der Waals surface area contributed by atoms with Gasteiger partial charge in [0.25, 0.3) is 0 Å². The van der Waals surface area contributed by atoms with Crippen LogP contribution >= 0.6 is 15.9 Å². The second-order valence-corrected chi connectivity index (χ2v) is 7.51. The molecule has 2 aromatic carbocycles. The van der Waals surface area contributed by atoms with Crippen molar-refractivity contribution in [1.82, 2.24) is 4.72 Å². The third-order valence-electron chi connectivity index (χ3n) is 3.03. The molecule has 0 heterocycles. The summed E-state index contributed by atoms with van der Waals surface area (Å²) in [5.74, 6) is 6.82. The lowest BCUT2D eigenvalue weighted by Gasteiger charge is -2.06. The fraction of sp³-hybridized carbons (Fsp3) is 0.222. The van der Waals surface area contributed by atoms with Gasteiger partial charge in [0.05, 0.1) is 18.0 Å². The summed E-state index contributed by atoms with van der Waals surface area (Å²) in [4.78, 5) is 0.170. The Morgan fingerprint density at radius 1 is 1.04 bits per heavy atom. The van der Waals surface area contributed by atoms with Crippen molar-refractivity contribution in [3.05, 3.63) is 53.0 Å². The minimum atomic E-state index is -3.59. The monoisotopic (exact) mass is 423 g/mol. The molecule has 0 atom stereocenters. The largest absolute Gasteiger partial charge is 0.494 e. The van der Waals surface area contributed by atoms with Gasteiger partial charge >= 0.3 is 0 Å². The number of hydrogen-bond acceptors (Lipinski definition) is 4. The Morgan fingerprint density at radius 2 is 1.80 bits per heavy atom. The lowest BCUT2D eigenvalue weighted by atomic mass is 10.3. The van der Waals surface area contributed by atoms with Crippen LogP contribution in [-0.4, -0.2) is 28.2 Å². The zero-order valence-corrected chi connectivity index (χ0v) is 16.1. The first kappa shape index (κ1) is 19.3. The maximum Gasteiger partial charge on any atom is 0.241 e. The highest BCUT2D eigenvalue weighted by Gasteiger charge is 2.12. The molecule has 0 aliphatic carbocycles. The molecule has 0 aliphatic heterocycles. The molecule has 2 aromatic rings. The molecule has 2 rings (SSSR count). The summed E-state index contributed by atoms with van der Waals surface area (Å²) in [5.41, 5.74) is 0. The van der Waals surface area contributed by atoms with Gasteiger partial charge in [0, 0.05) is 4.47 Å². The van der Waals surface area contributed by atoms with Gasteiger partial charge in [-0.1, -0.05) is 33.8 Å². The first-order chi connectivity index (χ1) is 12.0. The second kappa shape index (κ2) is 9.47. The number of hydrogen-bond donors (Lipinski definition) is 1. The van der Waals surface area contributed by atoms with Crippen molar-refractivity contribution in [2.45, 2.75) is 11.8 Å². The number of nitrogens with one attached hydrogen (secondary N) is 1. The van der Waals surface area contributed by atoms with Crippen molar-refractivity contribution >= 4 is 26.0 Å². The quantitative estimate of drug-likeness (QED) is 0.694. The third kappa shape index (κ3) is 6.42. The molecule has 0 aromatic heterocycles. The average molecular weight is 424 g/mol. The zero-order chi connectivity index (χ0) is 18.1. The number of rotatable bonds is 7. The summed E-state index contributed by atoms with van der Waals surface area (Å²) < 4.78 is 38.4. The third-order valence-corrected chi connectivity index (χ3v) is 4.94. The van der Waals surface area contributed by atoms with Crippen LogP contribution in [0.15, 0.2) is 57.9 Å². The van der Waals surface area contributed by atoms with Crippen LogP contribution in [-0.2, 0) is 10.0 Å². The van der Waals surface area contributed by atoms with E-state index in [4.69, 9.17) is 9.47 Å². The van der Waals surface area contributed by atoms with Crippen LogP contribution in [0.4, 0.5) is 0 Å². The highest BCUT2D eigenvalue weighted by atomic mass is 79.9. The van der Waals surface area contributed by atoms with Crippen LogP contribution in [0.3, 0.4) is 0 Å². The normalized spacial score (nSPS) is 10.6. The molecule has 0 aliphatic rings. The Balaban J connectivity index is 1.82. The van der Waals surface area contributed by atoms with Gasteiger partial charge in [-0.25, -0.2) is 8.42 Å². The van der Waals surface area contributed by atoms with Crippen molar-refractivity contribution in [3.63, 3.8) is 0 Å². The minimum Gasteiger partial charge on any atom is -0.494 e. The first-order valence-corrected chi connectivity index (χ1v) is 9.85. The molecular formula is C18H18BrNO4S. The Labute approximate surface area is 156 Å². The fourth-order valence-electron chi connectivity index (χ4n) is 1.89.